The summed E-state index contributed by atoms with van der Waals surface area (Å²) in [7, 11) is 1.39. The van der Waals surface area contributed by atoms with E-state index in [-0.39, 0.29) is 5.97 Å². The molecular weight excluding hydrogens is 250 g/mol. The van der Waals surface area contributed by atoms with Crippen molar-refractivity contribution < 1.29 is 14.3 Å². The maximum Gasteiger partial charge on any atom is 0.306 e. The van der Waals surface area contributed by atoms with E-state index in [1.807, 2.05) is 25.1 Å². The topological polar surface area (TPSA) is 61.5 Å². The molecule has 0 saturated carbocycles. The number of methoxy groups -OCH3 is 1. The summed E-state index contributed by atoms with van der Waals surface area (Å²) in [4.78, 5) is 11.9. The van der Waals surface area contributed by atoms with Crippen LogP contribution in [0.25, 0.3) is 0 Å². The molecule has 0 radical (unpaired) electrons. The van der Waals surface area contributed by atoms with Crippen LogP contribution in [-0.4, -0.2) is 25.4 Å². The molecule has 0 aliphatic rings. The molecule has 0 unspecified atom stereocenters. The van der Waals surface area contributed by atoms with Gasteiger partial charge in [0.2, 0.25) is 0 Å². The van der Waals surface area contributed by atoms with E-state index in [4.69, 9.17) is 10.5 Å². The average molecular weight is 269 g/mol. The number of esters is 1. The third-order valence-corrected chi connectivity index (χ3v) is 3.35. The maximum absolute atomic E-state index is 11.0. The van der Waals surface area contributed by atoms with Crippen molar-refractivity contribution in [1.29, 1.82) is 0 Å². The summed E-state index contributed by atoms with van der Waals surface area (Å²) >= 11 is 1.53. The van der Waals surface area contributed by atoms with Crippen LogP contribution in [-0.2, 0) is 9.53 Å². The van der Waals surface area contributed by atoms with E-state index < -0.39 is 0 Å². The fraction of sp³-hybridized carbons (Fsp3) is 0.462. The van der Waals surface area contributed by atoms with Crippen molar-refractivity contribution in [1.82, 2.24) is 0 Å². The van der Waals surface area contributed by atoms with Crippen molar-refractivity contribution in [3.05, 3.63) is 18.2 Å². The molecule has 0 aliphatic carbocycles. The second kappa shape index (κ2) is 7.87. The van der Waals surface area contributed by atoms with Crippen molar-refractivity contribution in [3.63, 3.8) is 0 Å². The molecule has 5 heteroatoms. The molecule has 0 atom stereocenters. The molecule has 1 aromatic carbocycles. The van der Waals surface area contributed by atoms with Gasteiger partial charge in [-0.25, -0.2) is 0 Å². The van der Waals surface area contributed by atoms with Crippen LogP contribution in [0.2, 0.25) is 0 Å². The second-order valence-corrected chi connectivity index (χ2v) is 4.83. The van der Waals surface area contributed by atoms with Crippen molar-refractivity contribution in [3.8, 4) is 5.75 Å². The monoisotopic (exact) mass is 269 g/mol. The molecule has 4 nitrogen and oxygen atoms in total. The Kier molecular flexibility index (Phi) is 6.43. The van der Waals surface area contributed by atoms with Crippen LogP contribution in [0.4, 0.5) is 5.69 Å². The predicted octanol–water partition coefficient (Wildman–Crippen LogP) is 2.71. The molecule has 0 bridgehead atoms. The Hall–Kier alpha value is -1.36. The lowest BCUT2D eigenvalue weighted by atomic mass is 10.3. The fourth-order valence-corrected chi connectivity index (χ4v) is 2.25. The Morgan fingerprint density at radius 2 is 2.22 bits per heavy atom. The zero-order valence-corrected chi connectivity index (χ0v) is 11.6. The number of ether oxygens (including phenoxy) is 2. The maximum atomic E-state index is 11.0. The van der Waals surface area contributed by atoms with E-state index >= 15 is 0 Å². The first-order valence-corrected chi connectivity index (χ1v) is 6.88. The molecule has 1 rings (SSSR count). The van der Waals surface area contributed by atoms with E-state index in [2.05, 4.69) is 4.74 Å². The summed E-state index contributed by atoms with van der Waals surface area (Å²) in [5, 5.41) is 0. The largest absolute Gasteiger partial charge is 0.491 e. The minimum absolute atomic E-state index is 0.209. The van der Waals surface area contributed by atoms with Gasteiger partial charge in [-0.2, -0.15) is 0 Å². The van der Waals surface area contributed by atoms with Crippen LogP contribution in [0, 0.1) is 0 Å². The van der Waals surface area contributed by atoms with Crippen LogP contribution in [0.1, 0.15) is 19.8 Å². The van der Waals surface area contributed by atoms with Gasteiger partial charge in [0.15, 0.2) is 0 Å². The number of nitrogens with two attached hydrogens (primary N) is 1. The standard InChI is InChI=1S/C13H19NO3S/c1-3-8-17-10-5-4-6-11(13(10)14)18-9-7-12(15)16-2/h4-6H,3,7-9,14H2,1-2H3. The number of benzene rings is 1. The van der Waals surface area contributed by atoms with Gasteiger partial charge in [0.1, 0.15) is 5.75 Å². The van der Waals surface area contributed by atoms with Gasteiger partial charge in [0.25, 0.3) is 0 Å². The van der Waals surface area contributed by atoms with Gasteiger partial charge in [-0.1, -0.05) is 13.0 Å². The summed E-state index contributed by atoms with van der Waals surface area (Å²) < 4.78 is 10.1. The highest BCUT2D eigenvalue weighted by Gasteiger charge is 2.07. The zero-order valence-electron chi connectivity index (χ0n) is 10.8. The van der Waals surface area contributed by atoms with Crippen LogP contribution in [0.15, 0.2) is 23.1 Å². The van der Waals surface area contributed by atoms with Crippen LogP contribution >= 0.6 is 11.8 Å². The van der Waals surface area contributed by atoms with Gasteiger partial charge in [-0.05, 0) is 18.6 Å². The van der Waals surface area contributed by atoms with Gasteiger partial charge in [-0.15, -0.1) is 11.8 Å². The molecule has 2 N–H and O–H groups in total. The van der Waals surface area contributed by atoms with Crippen molar-refractivity contribution >= 4 is 23.4 Å². The van der Waals surface area contributed by atoms with E-state index in [0.717, 1.165) is 11.3 Å². The first-order valence-electron chi connectivity index (χ1n) is 5.90. The molecule has 0 aliphatic heterocycles. The smallest absolute Gasteiger partial charge is 0.306 e. The van der Waals surface area contributed by atoms with Crippen molar-refractivity contribution in [2.24, 2.45) is 0 Å². The number of anilines is 1. The van der Waals surface area contributed by atoms with Gasteiger partial charge in [0, 0.05) is 10.6 Å². The third kappa shape index (κ3) is 4.49. The van der Waals surface area contributed by atoms with E-state index in [0.29, 0.717) is 30.2 Å². The highest BCUT2D eigenvalue weighted by atomic mass is 32.2. The highest BCUT2D eigenvalue weighted by molar-refractivity contribution is 7.99. The first-order chi connectivity index (χ1) is 8.69. The summed E-state index contributed by atoms with van der Waals surface area (Å²) in [6.07, 6.45) is 1.32. The predicted molar refractivity (Wildman–Crippen MR) is 74.0 cm³/mol. The lowest BCUT2D eigenvalue weighted by molar-refractivity contribution is -0.140. The minimum Gasteiger partial charge on any atom is -0.491 e. The van der Waals surface area contributed by atoms with Crippen LogP contribution in [0.5, 0.6) is 5.75 Å². The molecule has 18 heavy (non-hydrogen) atoms. The molecule has 0 heterocycles. The molecule has 0 fully saturated rings. The number of carbonyl (C=O) groups excluding carboxylic acids is 1. The number of para-hydroxylation sites is 1. The Morgan fingerprint density at radius 3 is 2.89 bits per heavy atom. The lowest BCUT2D eigenvalue weighted by Gasteiger charge is -2.11. The second-order valence-electron chi connectivity index (χ2n) is 3.69. The van der Waals surface area contributed by atoms with Gasteiger partial charge >= 0.3 is 5.97 Å². The normalized spacial score (nSPS) is 10.1. The quantitative estimate of drug-likeness (QED) is 0.468. The van der Waals surface area contributed by atoms with Crippen molar-refractivity contribution in [2.45, 2.75) is 24.7 Å². The van der Waals surface area contributed by atoms with Gasteiger partial charge in [0.05, 0.1) is 25.8 Å². The number of rotatable bonds is 7. The third-order valence-electron chi connectivity index (χ3n) is 2.28. The molecule has 0 saturated heterocycles. The van der Waals surface area contributed by atoms with Gasteiger partial charge in [-0.3, -0.25) is 4.79 Å². The summed E-state index contributed by atoms with van der Waals surface area (Å²) in [6, 6.07) is 5.69. The van der Waals surface area contributed by atoms with E-state index in [1.54, 1.807) is 0 Å². The molecule has 1 aromatic rings. The van der Waals surface area contributed by atoms with E-state index in [1.165, 1.54) is 18.9 Å². The fourth-order valence-electron chi connectivity index (χ4n) is 1.33. The van der Waals surface area contributed by atoms with Crippen molar-refractivity contribution in [2.75, 3.05) is 25.2 Å². The summed E-state index contributed by atoms with van der Waals surface area (Å²) in [5.74, 6) is 1.15. The molecule has 0 spiro atoms. The Bertz CT molecular complexity index is 396. The number of nitrogen functional groups attached to an aromatic ring is 1. The SMILES string of the molecule is CCCOc1cccc(SCCC(=O)OC)c1N. The molecular formula is C13H19NO3S. The minimum atomic E-state index is -0.209. The average Bonchev–Trinajstić information content (AvgIpc) is 2.39. The molecule has 0 aromatic heterocycles. The molecule has 0 amide bonds. The number of thioether (sulfide) groups is 1. The molecule has 100 valence electrons. The summed E-state index contributed by atoms with van der Waals surface area (Å²) in [6.45, 7) is 2.70. The van der Waals surface area contributed by atoms with E-state index in [9.17, 15) is 4.79 Å². The Balaban J connectivity index is 2.57. The number of carbonyl (C=O) groups is 1. The zero-order chi connectivity index (χ0) is 13.4. The highest BCUT2D eigenvalue weighted by Crippen LogP contribution is 2.33. The first kappa shape index (κ1) is 14.7. The number of hydrogen-bond acceptors (Lipinski definition) is 5. The summed E-state index contributed by atoms with van der Waals surface area (Å²) in [5.41, 5.74) is 6.65. The number of hydrogen-bond donors (Lipinski definition) is 1. The van der Waals surface area contributed by atoms with Crippen LogP contribution in [0.3, 0.4) is 0 Å². The Labute approximate surface area is 112 Å². The van der Waals surface area contributed by atoms with Gasteiger partial charge < -0.3 is 15.2 Å². The Morgan fingerprint density at radius 1 is 1.44 bits per heavy atom. The van der Waals surface area contributed by atoms with Crippen LogP contribution < -0.4 is 10.5 Å². The lowest BCUT2D eigenvalue weighted by Crippen LogP contribution is -2.02.